The summed E-state index contributed by atoms with van der Waals surface area (Å²) in [5, 5.41) is 3.94. The number of hydrogen-bond donors (Lipinski definition) is 1. The van der Waals surface area contributed by atoms with Crippen LogP contribution in [-0.2, 0) is 9.53 Å². The second kappa shape index (κ2) is 7.62. The Kier molecular flexibility index (Phi) is 5.47. The number of amides is 1. The number of benzene rings is 1. The summed E-state index contributed by atoms with van der Waals surface area (Å²) in [6.07, 6.45) is 4.76. The van der Waals surface area contributed by atoms with Crippen LogP contribution in [0.4, 0.5) is 5.69 Å². The molecular weight excluding hydrogens is 328 g/mol. The molecule has 1 amide bonds. The lowest BCUT2D eigenvalue weighted by Crippen LogP contribution is -2.45. The summed E-state index contributed by atoms with van der Waals surface area (Å²) in [5.41, 5.74) is 0.709. The lowest BCUT2D eigenvalue weighted by Gasteiger charge is -2.29. The van der Waals surface area contributed by atoms with Crippen LogP contribution in [0.3, 0.4) is 0 Å². The zero-order valence-electron chi connectivity index (χ0n) is 16.0. The Morgan fingerprint density at radius 2 is 2.12 bits per heavy atom. The van der Waals surface area contributed by atoms with E-state index in [4.69, 9.17) is 9.47 Å². The second-order valence-corrected chi connectivity index (χ2v) is 7.36. The van der Waals surface area contributed by atoms with E-state index in [2.05, 4.69) is 17.2 Å². The Balaban J connectivity index is 1.89. The van der Waals surface area contributed by atoms with Gasteiger partial charge in [0.1, 0.15) is 16.9 Å². The molecule has 1 N–H and O–H groups in total. The Hall–Kier alpha value is -2.14. The molecule has 5 heteroatoms. The van der Waals surface area contributed by atoms with Crippen molar-refractivity contribution in [3.05, 3.63) is 30.5 Å². The molecule has 1 aliphatic rings. The molecule has 0 bridgehead atoms. The molecule has 1 aromatic heterocycles. The first kappa shape index (κ1) is 18.6. The smallest absolute Gasteiger partial charge is 0.256 e. The summed E-state index contributed by atoms with van der Waals surface area (Å²) in [6, 6.07) is 7.57. The molecule has 1 atom stereocenters. The van der Waals surface area contributed by atoms with Crippen LogP contribution in [0.1, 0.15) is 47.0 Å². The number of aromatic nitrogens is 1. The van der Waals surface area contributed by atoms with Crippen molar-refractivity contribution in [1.82, 2.24) is 4.98 Å². The van der Waals surface area contributed by atoms with Gasteiger partial charge in [-0.25, -0.2) is 0 Å². The van der Waals surface area contributed by atoms with Crippen molar-refractivity contribution in [3.63, 3.8) is 0 Å². The number of carbonyl (C=O) groups is 1. The molecule has 1 aromatic carbocycles. The number of fused-ring (bicyclic) bond motifs is 1. The van der Waals surface area contributed by atoms with Gasteiger partial charge < -0.3 is 14.8 Å². The highest BCUT2D eigenvalue weighted by Crippen LogP contribution is 2.43. The van der Waals surface area contributed by atoms with Crippen LogP contribution >= 0.6 is 0 Å². The molecule has 2 aromatic rings. The predicted octanol–water partition coefficient (Wildman–Crippen LogP) is 4.56. The van der Waals surface area contributed by atoms with Gasteiger partial charge in [0.2, 0.25) is 0 Å². The maximum atomic E-state index is 13.0. The third-order valence-corrected chi connectivity index (χ3v) is 4.76. The summed E-state index contributed by atoms with van der Waals surface area (Å²) >= 11 is 0. The molecule has 1 unspecified atom stereocenters. The van der Waals surface area contributed by atoms with Crippen molar-refractivity contribution >= 4 is 22.5 Å². The van der Waals surface area contributed by atoms with E-state index < -0.39 is 5.60 Å². The number of rotatable bonds is 8. The summed E-state index contributed by atoms with van der Waals surface area (Å²) in [6.45, 7) is 8.52. The summed E-state index contributed by atoms with van der Waals surface area (Å²) < 4.78 is 11.8. The van der Waals surface area contributed by atoms with E-state index in [0.29, 0.717) is 12.5 Å². The average molecular weight is 356 g/mol. The van der Waals surface area contributed by atoms with E-state index in [9.17, 15) is 4.79 Å². The van der Waals surface area contributed by atoms with Gasteiger partial charge in [-0.3, -0.25) is 9.78 Å². The second-order valence-electron chi connectivity index (χ2n) is 7.36. The maximum Gasteiger partial charge on any atom is 0.256 e. The number of nitrogens with zero attached hydrogens (tertiary/aromatic N) is 1. The first-order valence-corrected chi connectivity index (χ1v) is 9.45. The summed E-state index contributed by atoms with van der Waals surface area (Å²) in [5.74, 6) is 0.930. The van der Waals surface area contributed by atoms with E-state index in [0.717, 1.165) is 41.6 Å². The summed E-state index contributed by atoms with van der Waals surface area (Å²) in [4.78, 5) is 17.5. The van der Waals surface area contributed by atoms with Gasteiger partial charge in [0, 0.05) is 18.2 Å². The molecule has 0 spiro atoms. The Morgan fingerprint density at radius 3 is 2.77 bits per heavy atom. The number of nitrogens with one attached hydrogen (secondary N) is 1. The van der Waals surface area contributed by atoms with Crippen LogP contribution in [0.25, 0.3) is 10.9 Å². The zero-order chi connectivity index (χ0) is 18.7. The lowest BCUT2D eigenvalue weighted by molar-refractivity contribution is -0.142. The molecule has 0 saturated heterocycles. The van der Waals surface area contributed by atoms with Gasteiger partial charge in [0.15, 0.2) is 0 Å². The van der Waals surface area contributed by atoms with Crippen LogP contribution in [-0.4, -0.2) is 29.2 Å². The number of pyridine rings is 1. The Morgan fingerprint density at radius 1 is 1.35 bits per heavy atom. The van der Waals surface area contributed by atoms with Crippen molar-refractivity contribution in [2.75, 3.05) is 11.9 Å². The van der Waals surface area contributed by atoms with Crippen LogP contribution in [0.2, 0.25) is 0 Å². The van der Waals surface area contributed by atoms with E-state index >= 15 is 0 Å². The van der Waals surface area contributed by atoms with Gasteiger partial charge in [-0.2, -0.15) is 0 Å². The highest BCUT2D eigenvalue weighted by molar-refractivity contribution is 6.05. The SMILES string of the molecule is CCCOC(C)(C(=O)Nc1ccc(OC(C)C)c2ncccc12)C1CC1. The molecule has 1 fully saturated rings. The number of hydrogen-bond acceptors (Lipinski definition) is 4. The standard InChI is InChI=1S/C21H28N2O3/c1-5-13-25-21(4,15-8-9-15)20(24)23-17-10-11-18(26-14(2)3)19-16(17)7-6-12-22-19/h6-7,10-12,14-15H,5,8-9,13H2,1-4H3,(H,23,24). The van der Waals surface area contributed by atoms with Gasteiger partial charge in [-0.1, -0.05) is 6.92 Å². The van der Waals surface area contributed by atoms with E-state index in [1.165, 1.54) is 0 Å². The molecule has 140 valence electrons. The molecular formula is C21H28N2O3. The van der Waals surface area contributed by atoms with Gasteiger partial charge in [-0.15, -0.1) is 0 Å². The highest BCUT2D eigenvalue weighted by atomic mass is 16.5. The predicted molar refractivity (Wildman–Crippen MR) is 104 cm³/mol. The van der Waals surface area contributed by atoms with Crippen molar-refractivity contribution in [2.24, 2.45) is 5.92 Å². The first-order chi connectivity index (χ1) is 12.5. The zero-order valence-corrected chi connectivity index (χ0v) is 16.0. The minimum atomic E-state index is -0.780. The number of anilines is 1. The van der Waals surface area contributed by atoms with Crippen LogP contribution in [0.5, 0.6) is 5.75 Å². The largest absolute Gasteiger partial charge is 0.489 e. The monoisotopic (exact) mass is 356 g/mol. The minimum absolute atomic E-state index is 0.0567. The normalized spacial score (nSPS) is 16.5. The Labute approximate surface area is 155 Å². The van der Waals surface area contributed by atoms with Crippen molar-refractivity contribution in [2.45, 2.75) is 58.7 Å². The van der Waals surface area contributed by atoms with Crippen LogP contribution in [0, 0.1) is 5.92 Å². The Bertz CT molecular complexity index is 786. The van der Waals surface area contributed by atoms with Crippen LogP contribution in [0.15, 0.2) is 30.5 Å². The van der Waals surface area contributed by atoms with Gasteiger partial charge in [0.05, 0.1) is 11.8 Å². The average Bonchev–Trinajstić information content (AvgIpc) is 3.47. The molecule has 1 saturated carbocycles. The van der Waals surface area contributed by atoms with E-state index in [-0.39, 0.29) is 12.0 Å². The molecule has 1 aliphatic carbocycles. The molecule has 26 heavy (non-hydrogen) atoms. The fraction of sp³-hybridized carbons (Fsp3) is 0.524. The van der Waals surface area contributed by atoms with Gasteiger partial charge >= 0.3 is 0 Å². The fourth-order valence-electron chi connectivity index (χ4n) is 3.17. The third kappa shape index (κ3) is 3.83. The molecule has 0 aliphatic heterocycles. The molecule has 1 heterocycles. The van der Waals surface area contributed by atoms with Crippen molar-refractivity contribution in [3.8, 4) is 5.75 Å². The molecule has 5 nitrogen and oxygen atoms in total. The number of carbonyl (C=O) groups excluding carboxylic acids is 1. The highest BCUT2D eigenvalue weighted by Gasteiger charge is 2.48. The topological polar surface area (TPSA) is 60.5 Å². The molecule has 0 radical (unpaired) electrons. The first-order valence-electron chi connectivity index (χ1n) is 9.45. The lowest BCUT2D eigenvalue weighted by atomic mass is 9.98. The van der Waals surface area contributed by atoms with E-state index in [1.54, 1.807) is 6.20 Å². The fourth-order valence-corrected chi connectivity index (χ4v) is 3.17. The quantitative estimate of drug-likeness (QED) is 0.753. The van der Waals surface area contributed by atoms with Crippen molar-refractivity contribution in [1.29, 1.82) is 0 Å². The van der Waals surface area contributed by atoms with Crippen LogP contribution < -0.4 is 10.1 Å². The third-order valence-electron chi connectivity index (χ3n) is 4.76. The minimum Gasteiger partial charge on any atom is -0.489 e. The van der Waals surface area contributed by atoms with Gasteiger partial charge in [-0.05, 0) is 70.2 Å². The van der Waals surface area contributed by atoms with E-state index in [1.807, 2.05) is 45.0 Å². The summed E-state index contributed by atoms with van der Waals surface area (Å²) in [7, 11) is 0. The van der Waals surface area contributed by atoms with Gasteiger partial charge in [0.25, 0.3) is 5.91 Å². The maximum absolute atomic E-state index is 13.0. The molecule has 3 rings (SSSR count). The van der Waals surface area contributed by atoms with Crippen molar-refractivity contribution < 1.29 is 14.3 Å². The number of ether oxygens (including phenoxy) is 2.